The van der Waals surface area contributed by atoms with Gasteiger partial charge in [0.2, 0.25) is 0 Å². The van der Waals surface area contributed by atoms with Crippen LogP contribution in [0, 0.1) is 0 Å². The van der Waals surface area contributed by atoms with E-state index in [1.165, 1.54) is 5.69 Å². The number of benzene rings is 1. The van der Waals surface area contributed by atoms with Crippen molar-refractivity contribution in [3.63, 3.8) is 0 Å². The standard InChI is InChI=1S/C20H25N5S.HI/c1-4-21-20(25(3)14-17-11-8-12-24(17)2)22-13-19-23-18(15-26-19)16-9-6-5-7-10-16;/h5-12,15H,4,13-14H2,1-3H3,(H,21,22);1H. The monoisotopic (exact) mass is 495 g/mol. The summed E-state index contributed by atoms with van der Waals surface area (Å²) in [4.78, 5) is 11.6. The Balaban J connectivity index is 0.00000261. The van der Waals surface area contributed by atoms with E-state index < -0.39 is 0 Å². The summed E-state index contributed by atoms with van der Waals surface area (Å²) in [7, 11) is 4.12. The first-order chi connectivity index (χ1) is 12.7. The van der Waals surface area contributed by atoms with Crippen molar-refractivity contribution < 1.29 is 0 Å². The normalized spacial score (nSPS) is 11.1. The number of hydrogen-bond donors (Lipinski definition) is 1. The molecule has 7 heteroatoms. The molecule has 0 bridgehead atoms. The number of thiazole rings is 1. The van der Waals surface area contributed by atoms with Gasteiger partial charge in [-0.1, -0.05) is 30.3 Å². The third-order valence-electron chi connectivity index (χ3n) is 4.13. The molecule has 0 amide bonds. The lowest BCUT2D eigenvalue weighted by Gasteiger charge is -2.22. The fraction of sp³-hybridized carbons (Fsp3) is 0.300. The number of aliphatic imine (C=N–C) groups is 1. The second-order valence-electron chi connectivity index (χ2n) is 6.13. The first-order valence-corrected chi connectivity index (χ1v) is 9.65. The summed E-state index contributed by atoms with van der Waals surface area (Å²) >= 11 is 1.66. The number of aromatic nitrogens is 2. The maximum atomic E-state index is 4.77. The zero-order valence-corrected chi connectivity index (χ0v) is 19.1. The van der Waals surface area contributed by atoms with Gasteiger partial charge in [-0.15, -0.1) is 35.3 Å². The van der Waals surface area contributed by atoms with Crippen molar-refractivity contribution in [3.8, 4) is 11.3 Å². The van der Waals surface area contributed by atoms with Crippen LogP contribution < -0.4 is 5.32 Å². The van der Waals surface area contributed by atoms with Crippen LogP contribution in [0.25, 0.3) is 11.3 Å². The van der Waals surface area contributed by atoms with E-state index in [1.807, 2.05) is 18.2 Å². The fourth-order valence-electron chi connectivity index (χ4n) is 2.72. The summed E-state index contributed by atoms with van der Waals surface area (Å²) in [5.74, 6) is 0.894. The molecule has 0 atom stereocenters. The number of nitrogens with one attached hydrogen (secondary N) is 1. The fourth-order valence-corrected chi connectivity index (χ4v) is 3.44. The maximum absolute atomic E-state index is 4.77. The van der Waals surface area contributed by atoms with Crippen LogP contribution in [-0.2, 0) is 20.1 Å². The highest BCUT2D eigenvalue weighted by Crippen LogP contribution is 2.22. The summed E-state index contributed by atoms with van der Waals surface area (Å²) in [5, 5.41) is 6.48. The highest BCUT2D eigenvalue weighted by atomic mass is 127. The van der Waals surface area contributed by atoms with Gasteiger partial charge in [0.15, 0.2) is 5.96 Å². The molecule has 2 aromatic heterocycles. The van der Waals surface area contributed by atoms with Gasteiger partial charge >= 0.3 is 0 Å². The Hall–Kier alpha value is -1.87. The van der Waals surface area contributed by atoms with E-state index in [2.05, 4.69) is 71.6 Å². The molecule has 2 heterocycles. The largest absolute Gasteiger partial charge is 0.357 e. The third kappa shape index (κ3) is 5.80. The third-order valence-corrected chi connectivity index (χ3v) is 4.97. The smallest absolute Gasteiger partial charge is 0.194 e. The Morgan fingerprint density at radius 1 is 1.22 bits per heavy atom. The van der Waals surface area contributed by atoms with Gasteiger partial charge < -0.3 is 14.8 Å². The minimum absolute atomic E-state index is 0. The van der Waals surface area contributed by atoms with E-state index in [9.17, 15) is 0 Å². The number of nitrogens with zero attached hydrogens (tertiary/aromatic N) is 4. The van der Waals surface area contributed by atoms with Crippen LogP contribution in [0.15, 0.2) is 59.0 Å². The lowest BCUT2D eigenvalue weighted by Crippen LogP contribution is -2.38. The molecule has 0 spiro atoms. The van der Waals surface area contributed by atoms with Crippen LogP contribution in [0.4, 0.5) is 0 Å². The number of rotatable bonds is 6. The van der Waals surface area contributed by atoms with Gasteiger partial charge in [0.05, 0.1) is 18.8 Å². The zero-order valence-electron chi connectivity index (χ0n) is 15.9. The number of guanidine groups is 1. The molecule has 0 saturated carbocycles. The van der Waals surface area contributed by atoms with Gasteiger partial charge in [-0.05, 0) is 19.1 Å². The summed E-state index contributed by atoms with van der Waals surface area (Å²) < 4.78 is 2.13. The van der Waals surface area contributed by atoms with Gasteiger partial charge in [0, 0.05) is 43.5 Å². The molecule has 3 rings (SSSR count). The molecule has 3 aromatic rings. The lowest BCUT2D eigenvalue weighted by atomic mass is 10.2. The van der Waals surface area contributed by atoms with Gasteiger partial charge in [0.25, 0.3) is 0 Å². The molecule has 1 aromatic carbocycles. The van der Waals surface area contributed by atoms with E-state index in [-0.39, 0.29) is 24.0 Å². The minimum Gasteiger partial charge on any atom is -0.357 e. The van der Waals surface area contributed by atoms with Crippen molar-refractivity contribution in [2.24, 2.45) is 12.0 Å². The predicted molar refractivity (Wildman–Crippen MR) is 125 cm³/mol. The number of hydrogen-bond acceptors (Lipinski definition) is 3. The van der Waals surface area contributed by atoms with Gasteiger partial charge in [0.1, 0.15) is 5.01 Å². The molecule has 27 heavy (non-hydrogen) atoms. The van der Waals surface area contributed by atoms with Crippen LogP contribution in [0.5, 0.6) is 0 Å². The molecule has 0 aliphatic carbocycles. The van der Waals surface area contributed by atoms with E-state index in [0.29, 0.717) is 6.54 Å². The Kier molecular flexibility index (Phi) is 8.30. The van der Waals surface area contributed by atoms with Gasteiger partial charge in [-0.25, -0.2) is 9.98 Å². The predicted octanol–water partition coefficient (Wildman–Crippen LogP) is 4.36. The molecule has 0 unspecified atom stereocenters. The summed E-state index contributed by atoms with van der Waals surface area (Å²) in [6.45, 7) is 4.31. The molecule has 0 fully saturated rings. The molecule has 0 aliphatic heterocycles. The summed E-state index contributed by atoms with van der Waals surface area (Å²) in [6.07, 6.45) is 2.06. The minimum atomic E-state index is 0. The molecule has 144 valence electrons. The average Bonchev–Trinajstić information content (AvgIpc) is 3.29. The topological polar surface area (TPSA) is 45.5 Å². The van der Waals surface area contributed by atoms with E-state index in [1.54, 1.807) is 11.3 Å². The molecule has 1 N–H and O–H groups in total. The van der Waals surface area contributed by atoms with Crippen molar-refractivity contribution >= 4 is 41.3 Å². The van der Waals surface area contributed by atoms with E-state index in [4.69, 9.17) is 9.98 Å². The van der Waals surface area contributed by atoms with E-state index in [0.717, 1.165) is 35.3 Å². The second kappa shape index (κ2) is 10.5. The molecule has 0 aliphatic rings. The Morgan fingerprint density at radius 3 is 2.67 bits per heavy atom. The van der Waals surface area contributed by atoms with Crippen LogP contribution in [0.1, 0.15) is 17.6 Å². The highest BCUT2D eigenvalue weighted by Gasteiger charge is 2.09. The Bertz CT molecular complexity index is 856. The molecular formula is C20H26IN5S. The maximum Gasteiger partial charge on any atom is 0.194 e. The van der Waals surface area contributed by atoms with Gasteiger partial charge in [-0.3, -0.25) is 0 Å². The van der Waals surface area contributed by atoms with Gasteiger partial charge in [-0.2, -0.15) is 0 Å². The second-order valence-corrected chi connectivity index (χ2v) is 7.07. The quantitative estimate of drug-likeness (QED) is 0.314. The Morgan fingerprint density at radius 2 is 2.00 bits per heavy atom. The van der Waals surface area contributed by atoms with Crippen LogP contribution >= 0.6 is 35.3 Å². The zero-order chi connectivity index (χ0) is 18.4. The first-order valence-electron chi connectivity index (χ1n) is 8.77. The molecule has 0 saturated heterocycles. The lowest BCUT2D eigenvalue weighted by molar-refractivity contribution is 0.462. The van der Waals surface area contributed by atoms with Crippen molar-refractivity contribution in [1.82, 2.24) is 19.8 Å². The highest BCUT2D eigenvalue weighted by molar-refractivity contribution is 14.0. The molecular weight excluding hydrogens is 469 g/mol. The van der Waals surface area contributed by atoms with Crippen molar-refractivity contribution in [3.05, 3.63) is 64.7 Å². The molecule has 5 nitrogen and oxygen atoms in total. The molecule has 0 radical (unpaired) electrons. The summed E-state index contributed by atoms with van der Waals surface area (Å²) in [5.41, 5.74) is 3.41. The summed E-state index contributed by atoms with van der Waals surface area (Å²) in [6, 6.07) is 14.5. The van der Waals surface area contributed by atoms with Crippen molar-refractivity contribution in [2.45, 2.75) is 20.0 Å². The van der Waals surface area contributed by atoms with Crippen molar-refractivity contribution in [1.29, 1.82) is 0 Å². The Labute approximate surface area is 182 Å². The van der Waals surface area contributed by atoms with Crippen LogP contribution in [-0.4, -0.2) is 34.0 Å². The first kappa shape index (κ1) is 21.4. The van der Waals surface area contributed by atoms with Crippen LogP contribution in [0.3, 0.4) is 0 Å². The van der Waals surface area contributed by atoms with Crippen molar-refractivity contribution in [2.75, 3.05) is 13.6 Å². The SMILES string of the molecule is CCNC(=NCc1nc(-c2ccccc2)cs1)N(C)Cc1cccn1C.I. The van der Waals surface area contributed by atoms with E-state index >= 15 is 0 Å². The van der Waals surface area contributed by atoms with Crippen LogP contribution in [0.2, 0.25) is 0 Å². The number of aryl methyl sites for hydroxylation is 1. The average molecular weight is 495 g/mol. The number of halogens is 1.